The maximum Gasteiger partial charge on any atom is 0.305 e. The molecule has 0 aliphatic heterocycles. The van der Waals surface area contributed by atoms with E-state index in [1.807, 2.05) is 42.5 Å². The van der Waals surface area contributed by atoms with Crippen LogP contribution in [0.5, 0.6) is 5.75 Å². The van der Waals surface area contributed by atoms with Crippen LogP contribution in [0.3, 0.4) is 0 Å². The molecule has 0 aromatic heterocycles. The number of nitrogens with one attached hydrogen (secondary N) is 1. The third-order valence-electron chi connectivity index (χ3n) is 6.72. The minimum atomic E-state index is -1.01. The molecule has 1 atom stereocenters. The quantitative estimate of drug-likeness (QED) is 0.229. The third-order valence-corrected chi connectivity index (χ3v) is 6.72. The first-order valence-electron chi connectivity index (χ1n) is 13.2. The Morgan fingerprint density at radius 3 is 2.00 bits per heavy atom. The standard InChI is InChI=1S/C33H32N2O6/c1-41-25-17-15-23(16-18-25)21-35(20-19-31(37)38)33(40)29-14-8-6-12-27(29)26-11-5-7-13-28(26)32(39)34-30(22-36)24-9-3-2-4-10-24/h2-18,30,36H,19-22H2,1H3,(H,34,39)(H,37,38)/t30-/m0/s1. The van der Waals surface area contributed by atoms with Crippen molar-refractivity contribution in [3.63, 3.8) is 0 Å². The van der Waals surface area contributed by atoms with Crippen LogP contribution < -0.4 is 10.1 Å². The van der Waals surface area contributed by atoms with E-state index in [1.54, 1.807) is 67.8 Å². The monoisotopic (exact) mass is 552 g/mol. The normalized spacial score (nSPS) is 11.4. The summed E-state index contributed by atoms with van der Waals surface area (Å²) in [5, 5.41) is 22.2. The molecule has 0 saturated heterocycles. The van der Waals surface area contributed by atoms with Crippen molar-refractivity contribution >= 4 is 17.8 Å². The zero-order chi connectivity index (χ0) is 29.2. The second kappa shape index (κ2) is 13.9. The van der Waals surface area contributed by atoms with Gasteiger partial charge in [0.1, 0.15) is 5.75 Å². The molecule has 0 unspecified atom stereocenters. The number of carbonyl (C=O) groups excluding carboxylic acids is 2. The van der Waals surface area contributed by atoms with Crippen LogP contribution in [0.25, 0.3) is 11.1 Å². The number of aliphatic hydroxyl groups is 1. The van der Waals surface area contributed by atoms with Crippen molar-refractivity contribution in [1.29, 1.82) is 0 Å². The predicted molar refractivity (Wildman–Crippen MR) is 156 cm³/mol. The van der Waals surface area contributed by atoms with E-state index in [2.05, 4.69) is 5.32 Å². The second-order valence-electron chi connectivity index (χ2n) is 9.43. The molecule has 210 valence electrons. The van der Waals surface area contributed by atoms with Crippen LogP contribution in [0.2, 0.25) is 0 Å². The number of carboxylic acids is 1. The molecule has 4 aromatic rings. The molecule has 2 amide bonds. The number of aliphatic carboxylic acids is 1. The molecule has 0 saturated carbocycles. The molecular weight excluding hydrogens is 520 g/mol. The number of methoxy groups -OCH3 is 1. The highest BCUT2D eigenvalue weighted by atomic mass is 16.5. The number of hydrogen-bond donors (Lipinski definition) is 3. The van der Waals surface area contributed by atoms with Crippen LogP contribution in [0.1, 0.15) is 44.3 Å². The predicted octanol–water partition coefficient (Wildman–Crippen LogP) is 4.94. The SMILES string of the molecule is COc1ccc(CN(CCC(=O)O)C(=O)c2ccccc2-c2ccccc2C(=O)N[C@@H](CO)c2ccccc2)cc1. The highest BCUT2D eigenvalue weighted by Crippen LogP contribution is 2.29. The van der Waals surface area contributed by atoms with Crippen molar-refractivity contribution in [2.75, 3.05) is 20.3 Å². The van der Waals surface area contributed by atoms with Gasteiger partial charge in [0.15, 0.2) is 0 Å². The fourth-order valence-corrected chi connectivity index (χ4v) is 4.58. The lowest BCUT2D eigenvalue weighted by Gasteiger charge is -2.24. The smallest absolute Gasteiger partial charge is 0.305 e. The van der Waals surface area contributed by atoms with Gasteiger partial charge in [-0.3, -0.25) is 14.4 Å². The summed E-state index contributed by atoms with van der Waals surface area (Å²) in [6, 6.07) is 29.7. The Labute approximate surface area is 238 Å². The van der Waals surface area contributed by atoms with Gasteiger partial charge in [-0.1, -0.05) is 78.9 Å². The van der Waals surface area contributed by atoms with E-state index in [-0.39, 0.29) is 32.0 Å². The molecular formula is C33H32N2O6. The van der Waals surface area contributed by atoms with Crippen molar-refractivity contribution in [1.82, 2.24) is 10.2 Å². The average Bonchev–Trinajstić information content (AvgIpc) is 3.02. The highest BCUT2D eigenvalue weighted by Gasteiger charge is 2.24. The summed E-state index contributed by atoms with van der Waals surface area (Å²) in [7, 11) is 1.57. The van der Waals surface area contributed by atoms with Crippen molar-refractivity contribution in [2.45, 2.75) is 19.0 Å². The maximum absolute atomic E-state index is 13.9. The summed E-state index contributed by atoms with van der Waals surface area (Å²) in [5.41, 5.74) is 3.35. The van der Waals surface area contributed by atoms with E-state index in [0.29, 0.717) is 28.0 Å². The van der Waals surface area contributed by atoms with Crippen LogP contribution >= 0.6 is 0 Å². The molecule has 0 aliphatic carbocycles. The Kier molecular flexibility index (Phi) is 9.85. The average molecular weight is 553 g/mol. The minimum Gasteiger partial charge on any atom is -0.497 e. The van der Waals surface area contributed by atoms with E-state index >= 15 is 0 Å². The number of amides is 2. The van der Waals surface area contributed by atoms with Crippen LogP contribution in [0.15, 0.2) is 103 Å². The Morgan fingerprint density at radius 2 is 1.39 bits per heavy atom. The number of carbonyl (C=O) groups is 3. The summed E-state index contributed by atoms with van der Waals surface area (Å²) < 4.78 is 5.22. The van der Waals surface area contributed by atoms with E-state index in [1.165, 1.54) is 4.90 Å². The van der Waals surface area contributed by atoms with E-state index in [0.717, 1.165) is 11.1 Å². The van der Waals surface area contributed by atoms with Gasteiger partial charge >= 0.3 is 5.97 Å². The lowest BCUT2D eigenvalue weighted by Crippen LogP contribution is -2.33. The molecule has 0 bridgehead atoms. The number of aliphatic hydroxyl groups excluding tert-OH is 1. The van der Waals surface area contributed by atoms with Gasteiger partial charge < -0.3 is 25.2 Å². The van der Waals surface area contributed by atoms with Crippen LogP contribution in [0.4, 0.5) is 0 Å². The summed E-state index contributed by atoms with van der Waals surface area (Å²) in [6.45, 7) is -0.0787. The van der Waals surface area contributed by atoms with Crippen molar-refractivity contribution in [3.8, 4) is 16.9 Å². The number of rotatable bonds is 12. The summed E-state index contributed by atoms with van der Waals surface area (Å²) >= 11 is 0. The minimum absolute atomic E-state index is 0.00587. The lowest BCUT2D eigenvalue weighted by molar-refractivity contribution is -0.137. The Bertz CT molecular complexity index is 1490. The molecule has 4 rings (SSSR count). The summed E-state index contributed by atoms with van der Waals surface area (Å²) in [6.07, 6.45) is -0.217. The molecule has 8 nitrogen and oxygen atoms in total. The number of benzene rings is 4. The molecule has 0 spiro atoms. The largest absolute Gasteiger partial charge is 0.497 e. The van der Waals surface area contributed by atoms with Gasteiger partial charge in [0.05, 0.1) is 26.2 Å². The van der Waals surface area contributed by atoms with Crippen molar-refractivity contribution in [3.05, 3.63) is 125 Å². The zero-order valence-corrected chi connectivity index (χ0v) is 22.7. The van der Waals surface area contributed by atoms with Gasteiger partial charge in [0, 0.05) is 24.2 Å². The molecule has 0 aliphatic rings. The second-order valence-corrected chi connectivity index (χ2v) is 9.43. The first-order chi connectivity index (χ1) is 19.9. The molecule has 0 fully saturated rings. The van der Waals surface area contributed by atoms with Crippen LogP contribution in [0, 0.1) is 0 Å². The first-order valence-corrected chi connectivity index (χ1v) is 13.2. The lowest BCUT2D eigenvalue weighted by atomic mass is 9.94. The van der Waals surface area contributed by atoms with Crippen molar-refractivity contribution < 1.29 is 29.3 Å². The third kappa shape index (κ3) is 7.38. The highest BCUT2D eigenvalue weighted by molar-refractivity contribution is 6.06. The molecule has 0 heterocycles. The number of ether oxygens (including phenoxy) is 1. The van der Waals surface area contributed by atoms with Crippen molar-refractivity contribution in [2.24, 2.45) is 0 Å². The van der Waals surface area contributed by atoms with E-state index in [9.17, 15) is 24.6 Å². The van der Waals surface area contributed by atoms with Gasteiger partial charge in [0.25, 0.3) is 11.8 Å². The van der Waals surface area contributed by atoms with Gasteiger partial charge in [-0.05, 0) is 46.5 Å². The molecule has 41 heavy (non-hydrogen) atoms. The topological polar surface area (TPSA) is 116 Å². The first kappa shape index (κ1) is 29.0. The number of carboxylic acid groups (broad SMARTS) is 1. The van der Waals surface area contributed by atoms with E-state index in [4.69, 9.17) is 4.74 Å². The fourth-order valence-electron chi connectivity index (χ4n) is 4.58. The van der Waals surface area contributed by atoms with Crippen LogP contribution in [-0.2, 0) is 11.3 Å². The maximum atomic E-state index is 13.9. The Balaban J connectivity index is 1.67. The van der Waals surface area contributed by atoms with Crippen LogP contribution in [-0.4, -0.2) is 53.2 Å². The summed E-state index contributed by atoms with van der Waals surface area (Å²) in [4.78, 5) is 40.3. The molecule has 0 radical (unpaired) electrons. The Morgan fingerprint density at radius 1 is 0.805 bits per heavy atom. The van der Waals surface area contributed by atoms with Gasteiger partial charge in [-0.15, -0.1) is 0 Å². The molecule has 3 N–H and O–H groups in total. The number of nitrogens with zero attached hydrogens (tertiary/aromatic N) is 1. The zero-order valence-electron chi connectivity index (χ0n) is 22.7. The fraction of sp³-hybridized carbons (Fsp3) is 0.182. The van der Waals surface area contributed by atoms with Gasteiger partial charge in [-0.2, -0.15) is 0 Å². The molecule has 4 aromatic carbocycles. The van der Waals surface area contributed by atoms with E-state index < -0.39 is 17.9 Å². The van der Waals surface area contributed by atoms with Gasteiger partial charge in [0.2, 0.25) is 0 Å². The van der Waals surface area contributed by atoms with Gasteiger partial charge in [-0.25, -0.2) is 0 Å². The Hall–Kier alpha value is -4.95. The number of hydrogen-bond acceptors (Lipinski definition) is 5. The summed E-state index contributed by atoms with van der Waals surface area (Å²) in [5.74, 6) is -1.09. The molecule has 8 heteroatoms.